The molecule has 0 spiro atoms. The van der Waals surface area contributed by atoms with E-state index in [1.54, 1.807) is 6.08 Å². The highest BCUT2D eigenvalue weighted by molar-refractivity contribution is 5.77. The van der Waals surface area contributed by atoms with Crippen LogP contribution in [-0.4, -0.2) is 19.4 Å². The van der Waals surface area contributed by atoms with Crippen LogP contribution in [0, 0.1) is 5.41 Å². The van der Waals surface area contributed by atoms with Crippen molar-refractivity contribution in [1.29, 1.82) is 5.41 Å². The van der Waals surface area contributed by atoms with Gasteiger partial charge in [-0.2, -0.15) is 0 Å². The van der Waals surface area contributed by atoms with Crippen LogP contribution in [-0.2, 0) is 4.74 Å². The first kappa shape index (κ1) is 8.14. The van der Waals surface area contributed by atoms with Gasteiger partial charge >= 0.3 is 0 Å². The van der Waals surface area contributed by atoms with Crippen molar-refractivity contribution in [2.24, 2.45) is 0 Å². The van der Waals surface area contributed by atoms with E-state index in [0.717, 1.165) is 5.57 Å². The molecule has 3 heteroatoms. The number of hydrogen-bond acceptors (Lipinski definition) is 2. The zero-order chi connectivity index (χ0) is 8.27. The van der Waals surface area contributed by atoms with E-state index in [9.17, 15) is 4.39 Å². The van der Waals surface area contributed by atoms with Gasteiger partial charge in [0.05, 0.1) is 0 Å². The smallest absolute Gasteiger partial charge is 0.129 e. The van der Waals surface area contributed by atoms with E-state index in [0.29, 0.717) is 6.42 Å². The summed E-state index contributed by atoms with van der Waals surface area (Å²) in [5.74, 6) is -0.266. The molecule has 0 amide bonds. The van der Waals surface area contributed by atoms with Crippen molar-refractivity contribution in [1.82, 2.24) is 0 Å². The van der Waals surface area contributed by atoms with Crippen LogP contribution in [0.4, 0.5) is 4.39 Å². The van der Waals surface area contributed by atoms with Gasteiger partial charge < -0.3 is 10.1 Å². The molecule has 1 atom stereocenters. The van der Waals surface area contributed by atoms with Crippen molar-refractivity contribution in [3.05, 3.63) is 23.6 Å². The van der Waals surface area contributed by atoms with Crippen molar-refractivity contribution < 1.29 is 9.13 Å². The lowest BCUT2D eigenvalue weighted by Crippen LogP contribution is -2.15. The van der Waals surface area contributed by atoms with Gasteiger partial charge in [-0.25, -0.2) is 4.39 Å². The largest absolute Gasteiger partial charge is 0.374 e. The summed E-state index contributed by atoms with van der Waals surface area (Å²) in [6.07, 6.45) is 4.13. The van der Waals surface area contributed by atoms with E-state index in [1.165, 1.54) is 19.4 Å². The van der Waals surface area contributed by atoms with Gasteiger partial charge in [-0.1, -0.05) is 6.08 Å². The molecule has 0 bridgehead atoms. The van der Waals surface area contributed by atoms with E-state index in [2.05, 4.69) is 0 Å². The fourth-order valence-electron chi connectivity index (χ4n) is 0.977. The molecule has 1 aliphatic rings. The van der Waals surface area contributed by atoms with E-state index in [4.69, 9.17) is 10.1 Å². The van der Waals surface area contributed by atoms with E-state index in [1.807, 2.05) is 0 Å². The maximum Gasteiger partial charge on any atom is 0.129 e. The number of halogens is 1. The SMILES string of the molecule is COC1CC(C=N)=CC=C1F. The van der Waals surface area contributed by atoms with E-state index >= 15 is 0 Å². The summed E-state index contributed by atoms with van der Waals surface area (Å²) >= 11 is 0. The predicted molar refractivity (Wildman–Crippen MR) is 41.5 cm³/mol. The second-order valence-electron chi connectivity index (χ2n) is 2.37. The number of ether oxygens (including phenoxy) is 1. The highest BCUT2D eigenvalue weighted by Crippen LogP contribution is 2.20. The first-order valence-corrected chi connectivity index (χ1v) is 3.37. The van der Waals surface area contributed by atoms with Crippen LogP contribution in [0.2, 0.25) is 0 Å². The minimum Gasteiger partial charge on any atom is -0.374 e. The van der Waals surface area contributed by atoms with Gasteiger partial charge in [0.2, 0.25) is 0 Å². The predicted octanol–water partition coefficient (Wildman–Crippen LogP) is 1.83. The second-order valence-corrected chi connectivity index (χ2v) is 2.37. The Hall–Kier alpha value is -0.960. The molecule has 0 fully saturated rings. The highest BCUT2D eigenvalue weighted by Gasteiger charge is 2.17. The molecular weight excluding hydrogens is 145 g/mol. The van der Waals surface area contributed by atoms with Gasteiger partial charge in [0.25, 0.3) is 0 Å². The molecule has 0 aliphatic heterocycles. The molecule has 0 aromatic carbocycles. The normalized spacial score (nSPS) is 24.0. The van der Waals surface area contributed by atoms with Crippen LogP contribution < -0.4 is 0 Å². The molecule has 1 aliphatic carbocycles. The Morgan fingerprint density at radius 3 is 3.00 bits per heavy atom. The Bertz CT molecular complexity index is 220. The average molecular weight is 155 g/mol. The third-order valence-corrected chi connectivity index (χ3v) is 1.66. The third kappa shape index (κ3) is 1.74. The molecule has 2 nitrogen and oxygen atoms in total. The van der Waals surface area contributed by atoms with Crippen molar-refractivity contribution in [2.45, 2.75) is 12.5 Å². The lowest BCUT2D eigenvalue weighted by atomic mass is 10.0. The zero-order valence-electron chi connectivity index (χ0n) is 6.30. The lowest BCUT2D eigenvalue weighted by molar-refractivity contribution is 0.112. The molecule has 1 unspecified atom stereocenters. The van der Waals surface area contributed by atoms with Crippen LogP contribution in [0.25, 0.3) is 0 Å². The Labute approximate surface area is 64.9 Å². The topological polar surface area (TPSA) is 33.1 Å². The Balaban J connectivity index is 2.74. The Kier molecular flexibility index (Phi) is 2.54. The van der Waals surface area contributed by atoms with Crippen LogP contribution >= 0.6 is 0 Å². The number of allylic oxidation sites excluding steroid dienone is 2. The third-order valence-electron chi connectivity index (χ3n) is 1.66. The van der Waals surface area contributed by atoms with Crippen molar-refractivity contribution >= 4 is 6.21 Å². The summed E-state index contributed by atoms with van der Waals surface area (Å²) in [4.78, 5) is 0. The molecule has 0 heterocycles. The van der Waals surface area contributed by atoms with Gasteiger partial charge in [-0.05, 0) is 11.6 Å². The summed E-state index contributed by atoms with van der Waals surface area (Å²) in [6.45, 7) is 0. The molecule has 0 aromatic heterocycles. The highest BCUT2D eigenvalue weighted by atomic mass is 19.1. The minimum atomic E-state index is -0.489. The molecule has 0 saturated heterocycles. The molecule has 1 N–H and O–H groups in total. The van der Waals surface area contributed by atoms with Crippen molar-refractivity contribution in [3.63, 3.8) is 0 Å². The van der Waals surface area contributed by atoms with Crippen LogP contribution in [0.5, 0.6) is 0 Å². The maximum atomic E-state index is 12.8. The molecular formula is C8H10FNO. The van der Waals surface area contributed by atoms with E-state index in [-0.39, 0.29) is 5.83 Å². The van der Waals surface area contributed by atoms with Gasteiger partial charge in [0.1, 0.15) is 11.9 Å². The molecule has 1 rings (SSSR count). The Morgan fingerprint density at radius 2 is 2.45 bits per heavy atom. The lowest BCUT2D eigenvalue weighted by Gasteiger charge is -2.16. The molecule has 11 heavy (non-hydrogen) atoms. The molecule has 0 saturated carbocycles. The number of hydrogen-bond donors (Lipinski definition) is 1. The minimum absolute atomic E-state index is 0.266. The fourth-order valence-corrected chi connectivity index (χ4v) is 0.977. The molecule has 60 valence electrons. The van der Waals surface area contributed by atoms with Gasteiger partial charge in [0, 0.05) is 19.7 Å². The second kappa shape index (κ2) is 3.44. The summed E-state index contributed by atoms with van der Waals surface area (Å²) in [6, 6.07) is 0. The number of methoxy groups -OCH3 is 1. The van der Waals surface area contributed by atoms with Crippen molar-refractivity contribution in [2.75, 3.05) is 7.11 Å². The summed E-state index contributed by atoms with van der Waals surface area (Å²) < 4.78 is 17.6. The van der Waals surface area contributed by atoms with Gasteiger partial charge in [0.15, 0.2) is 0 Å². The molecule has 0 radical (unpaired) electrons. The van der Waals surface area contributed by atoms with Crippen LogP contribution in [0.3, 0.4) is 0 Å². The maximum absolute atomic E-state index is 12.8. The first-order chi connectivity index (χ1) is 5.27. The standard InChI is InChI=1S/C8H10FNO/c1-11-8-4-6(5-10)2-3-7(8)9/h2-3,5,8,10H,4H2,1H3. The van der Waals surface area contributed by atoms with Gasteiger partial charge in [-0.3, -0.25) is 0 Å². The average Bonchev–Trinajstić information content (AvgIpc) is 2.05. The summed E-state index contributed by atoms with van der Waals surface area (Å²) in [5.41, 5.74) is 0.790. The summed E-state index contributed by atoms with van der Waals surface area (Å²) in [5, 5.41) is 6.93. The zero-order valence-corrected chi connectivity index (χ0v) is 6.30. The molecule has 0 aromatic rings. The Morgan fingerprint density at radius 1 is 1.73 bits per heavy atom. The monoisotopic (exact) mass is 155 g/mol. The van der Waals surface area contributed by atoms with E-state index < -0.39 is 6.10 Å². The summed E-state index contributed by atoms with van der Waals surface area (Å²) in [7, 11) is 1.46. The van der Waals surface area contributed by atoms with Crippen LogP contribution in [0.1, 0.15) is 6.42 Å². The number of rotatable bonds is 2. The first-order valence-electron chi connectivity index (χ1n) is 3.37. The quantitative estimate of drug-likeness (QED) is 0.606. The van der Waals surface area contributed by atoms with Gasteiger partial charge in [-0.15, -0.1) is 0 Å². The van der Waals surface area contributed by atoms with Crippen LogP contribution in [0.15, 0.2) is 23.6 Å². The van der Waals surface area contributed by atoms with Crippen molar-refractivity contribution in [3.8, 4) is 0 Å². The number of nitrogens with one attached hydrogen (secondary N) is 1. The fraction of sp³-hybridized carbons (Fsp3) is 0.375.